The lowest BCUT2D eigenvalue weighted by atomic mass is 10.3. The van der Waals surface area contributed by atoms with E-state index in [1.807, 2.05) is 17.5 Å². The highest BCUT2D eigenvalue weighted by atomic mass is 32.1. The second-order valence-corrected chi connectivity index (χ2v) is 3.67. The van der Waals surface area contributed by atoms with Crippen LogP contribution in [0.2, 0.25) is 0 Å². The van der Waals surface area contributed by atoms with Crippen LogP contribution in [-0.4, -0.2) is 10.2 Å². The average molecular weight is 198 g/mol. The molecule has 0 saturated heterocycles. The van der Waals surface area contributed by atoms with Crippen LogP contribution in [0, 0.1) is 4.84 Å². The van der Waals surface area contributed by atoms with Gasteiger partial charge in [0.05, 0.1) is 6.42 Å². The minimum atomic E-state index is 0.335. The Labute approximate surface area is 78.1 Å². The van der Waals surface area contributed by atoms with Crippen molar-refractivity contribution in [3.05, 3.63) is 33.1 Å². The summed E-state index contributed by atoms with van der Waals surface area (Å²) in [6, 6.07) is 4.04. The van der Waals surface area contributed by atoms with E-state index in [1.165, 1.54) is 4.88 Å². The van der Waals surface area contributed by atoms with Crippen LogP contribution in [0.5, 0.6) is 0 Å². The van der Waals surface area contributed by atoms with Crippen molar-refractivity contribution in [2.45, 2.75) is 6.42 Å². The van der Waals surface area contributed by atoms with Gasteiger partial charge in [-0.25, -0.2) is 5.10 Å². The molecule has 62 valence electrons. The molecule has 0 amide bonds. The van der Waals surface area contributed by atoms with Gasteiger partial charge in [-0.05, 0) is 23.7 Å². The Bertz CT molecular complexity index is 401. The third-order valence-electron chi connectivity index (χ3n) is 1.39. The van der Waals surface area contributed by atoms with Crippen LogP contribution in [0.3, 0.4) is 0 Å². The third kappa shape index (κ3) is 1.62. The molecule has 2 aromatic rings. The van der Waals surface area contributed by atoms with Crippen LogP contribution >= 0.6 is 23.6 Å². The molecular weight excluding hydrogens is 192 g/mol. The number of H-pyrrole nitrogens is 1. The molecule has 2 rings (SSSR count). The molecule has 12 heavy (non-hydrogen) atoms. The van der Waals surface area contributed by atoms with Crippen molar-refractivity contribution in [2.75, 3.05) is 0 Å². The van der Waals surface area contributed by atoms with E-state index in [0.717, 1.165) is 0 Å². The van der Waals surface area contributed by atoms with E-state index in [4.69, 9.17) is 16.6 Å². The van der Waals surface area contributed by atoms with Crippen LogP contribution in [-0.2, 0) is 6.42 Å². The highest BCUT2D eigenvalue weighted by molar-refractivity contribution is 7.71. The molecule has 0 aliphatic heterocycles. The Hall–Kier alpha value is -0.940. The third-order valence-corrected chi connectivity index (χ3v) is 2.44. The van der Waals surface area contributed by atoms with E-state index in [9.17, 15) is 0 Å². The van der Waals surface area contributed by atoms with Crippen LogP contribution < -0.4 is 0 Å². The molecule has 5 heteroatoms. The van der Waals surface area contributed by atoms with Gasteiger partial charge in [-0.3, -0.25) is 0 Å². The number of nitrogens with zero attached hydrogens (tertiary/aromatic N) is 1. The van der Waals surface area contributed by atoms with Crippen molar-refractivity contribution < 1.29 is 4.42 Å². The molecule has 2 heterocycles. The molecule has 0 radical (unpaired) electrons. The summed E-state index contributed by atoms with van der Waals surface area (Å²) in [4.78, 5) is 1.56. The standard InChI is InChI=1S/C7H6N2OS2/c11-7-9-8-6(10-7)4-5-2-1-3-12-5/h1-3H,4H2,(H,9,11). The zero-order valence-electron chi connectivity index (χ0n) is 6.11. The van der Waals surface area contributed by atoms with Gasteiger partial charge >= 0.3 is 0 Å². The summed E-state index contributed by atoms with van der Waals surface area (Å²) in [5.41, 5.74) is 0. The van der Waals surface area contributed by atoms with Crippen molar-refractivity contribution in [2.24, 2.45) is 0 Å². The maximum atomic E-state index is 5.11. The molecule has 0 bridgehead atoms. The predicted molar refractivity (Wildman–Crippen MR) is 48.8 cm³/mol. The minimum absolute atomic E-state index is 0.335. The first kappa shape index (κ1) is 7.70. The lowest BCUT2D eigenvalue weighted by Crippen LogP contribution is -1.83. The van der Waals surface area contributed by atoms with Crippen molar-refractivity contribution >= 4 is 23.6 Å². The van der Waals surface area contributed by atoms with Crippen LogP contribution in [0.4, 0.5) is 0 Å². The molecule has 0 aromatic carbocycles. The maximum absolute atomic E-state index is 5.11. The quantitative estimate of drug-likeness (QED) is 0.753. The van der Waals surface area contributed by atoms with Crippen molar-refractivity contribution in [1.82, 2.24) is 10.2 Å². The molecular formula is C7H6N2OS2. The van der Waals surface area contributed by atoms with Gasteiger partial charge in [-0.15, -0.1) is 16.4 Å². The fraction of sp³-hybridized carbons (Fsp3) is 0.143. The summed E-state index contributed by atoms with van der Waals surface area (Å²) >= 11 is 6.43. The number of hydrogen-bond acceptors (Lipinski definition) is 4. The van der Waals surface area contributed by atoms with Crippen LogP contribution in [0.25, 0.3) is 0 Å². The second-order valence-electron chi connectivity index (χ2n) is 2.26. The van der Waals surface area contributed by atoms with Gasteiger partial charge < -0.3 is 4.42 Å². The fourth-order valence-corrected chi connectivity index (χ4v) is 1.74. The van der Waals surface area contributed by atoms with Gasteiger partial charge in [0.25, 0.3) is 4.84 Å². The number of thiophene rings is 1. The summed E-state index contributed by atoms with van der Waals surface area (Å²) in [5.74, 6) is 0.641. The van der Waals surface area contributed by atoms with Gasteiger partial charge in [0.2, 0.25) is 5.89 Å². The largest absolute Gasteiger partial charge is 0.414 e. The molecule has 3 nitrogen and oxygen atoms in total. The topological polar surface area (TPSA) is 41.8 Å². The van der Waals surface area contributed by atoms with E-state index in [1.54, 1.807) is 11.3 Å². The van der Waals surface area contributed by atoms with Gasteiger partial charge in [0, 0.05) is 4.88 Å². The first-order valence-electron chi connectivity index (χ1n) is 3.41. The Morgan fingerprint density at radius 2 is 2.58 bits per heavy atom. The lowest BCUT2D eigenvalue weighted by Gasteiger charge is -1.87. The SMILES string of the molecule is S=c1[nH]nc(Cc2cccs2)o1. The van der Waals surface area contributed by atoms with E-state index in [0.29, 0.717) is 17.1 Å². The number of aromatic amines is 1. The van der Waals surface area contributed by atoms with Gasteiger partial charge in [0.15, 0.2) is 0 Å². The number of nitrogens with one attached hydrogen (secondary N) is 1. The maximum Gasteiger partial charge on any atom is 0.284 e. The number of rotatable bonds is 2. The summed E-state index contributed by atoms with van der Waals surface area (Å²) in [7, 11) is 0. The zero-order valence-corrected chi connectivity index (χ0v) is 7.74. The average Bonchev–Trinajstić information content (AvgIpc) is 2.63. The van der Waals surface area contributed by atoms with Gasteiger partial charge in [0.1, 0.15) is 0 Å². The molecule has 0 fully saturated rings. The summed E-state index contributed by atoms with van der Waals surface area (Å²) in [6.07, 6.45) is 0.713. The molecule has 0 saturated carbocycles. The van der Waals surface area contributed by atoms with Crippen molar-refractivity contribution in [3.8, 4) is 0 Å². The number of aromatic nitrogens is 2. The van der Waals surface area contributed by atoms with E-state index in [2.05, 4.69) is 10.2 Å². The molecule has 0 unspecified atom stereocenters. The molecule has 0 atom stereocenters. The number of hydrogen-bond donors (Lipinski definition) is 1. The van der Waals surface area contributed by atoms with Gasteiger partial charge in [-0.1, -0.05) is 6.07 Å². The normalized spacial score (nSPS) is 10.3. The van der Waals surface area contributed by atoms with Crippen LogP contribution in [0.15, 0.2) is 21.9 Å². The molecule has 0 aliphatic carbocycles. The highest BCUT2D eigenvalue weighted by Crippen LogP contribution is 2.12. The van der Waals surface area contributed by atoms with E-state index < -0.39 is 0 Å². The lowest BCUT2D eigenvalue weighted by molar-refractivity contribution is 0.492. The minimum Gasteiger partial charge on any atom is -0.414 e. The Kier molecular flexibility index (Phi) is 2.05. The summed E-state index contributed by atoms with van der Waals surface area (Å²) in [5, 5.41) is 8.51. The smallest absolute Gasteiger partial charge is 0.284 e. The summed E-state index contributed by atoms with van der Waals surface area (Å²) < 4.78 is 5.11. The predicted octanol–water partition coefficient (Wildman–Crippen LogP) is 2.38. The van der Waals surface area contributed by atoms with E-state index >= 15 is 0 Å². The molecule has 2 aromatic heterocycles. The Morgan fingerprint density at radius 1 is 1.67 bits per heavy atom. The van der Waals surface area contributed by atoms with E-state index in [-0.39, 0.29) is 0 Å². The molecule has 0 spiro atoms. The monoisotopic (exact) mass is 198 g/mol. The summed E-state index contributed by atoms with van der Waals surface area (Å²) in [6.45, 7) is 0. The fourth-order valence-electron chi connectivity index (χ4n) is 0.898. The van der Waals surface area contributed by atoms with Gasteiger partial charge in [-0.2, -0.15) is 0 Å². The zero-order chi connectivity index (χ0) is 8.39. The Balaban J connectivity index is 2.19. The van der Waals surface area contributed by atoms with Crippen molar-refractivity contribution in [1.29, 1.82) is 0 Å². The van der Waals surface area contributed by atoms with Crippen LogP contribution in [0.1, 0.15) is 10.8 Å². The first-order valence-corrected chi connectivity index (χ1v) is 4.70. The van der Waals surface area contributed by atoms with Crippen molar-refractivity contribution in [3.63, 3.8) is 0 Å². The molecule has 0 aliphatic rings. The highest BCUT2D eigenvalue weighted by Gasteiger charge is 2.01. The first-order chi connectivity index (χ1) is 5.84. The second kappa shape index (κ2) is 3.20. The Morgan fingerprint density at radius 3 is 3.17 bits per heavy atom. The molecule has 1 N–H and O–H groups in total.